The van der Waals surface area contributed by atoms with Crippen molar-refractivity contribution in [3.8, 4) is 0 Å². The summed E-state index contributed by atoms with van der Waals surface area (Å²) in [6.07, 6.45) is 6.65. The molecule has 18 heavy (non-hydrogen) atoms. The molecule has 1 aromatic rings. The van der Waals surface area contributed by atoms with Crippen molar-refractivity contribution in [2.24, 2.45) is 0 Å². The Morgan fingerprint density at radius 1 is 1.22 bits per heavy atom. The van der Waals surface area contributed by atoms with E-state index in [1.807, 2.05) is 0 Å². The Hall–Kier alpha value is -0.600. The molecule has 0 saturated heterocycles. The summed E-state index contributed by atoms with van der Waals surface area (Å²) in [6, 6.07) is 4.74. The summed E-state index contributed by atoms with van der Waals surface area (Å²) in [5.74, 6) is -0.413. The van der Waals surface area contributed by atoms with Crippen LogP contribution in [0.2, 0.25) is 5.02 Å². The van der Waals surface area contributed by atoms with Gasteiger partial charge >= 0.3 is 0 Å². The molecule has 0 aliphatic carbocycles. The molecule has 0 fully saturated rings. The highest BCUT2D eigenvalue weighted by Gasteiger charge is 2.10. The highest BCUT2D eigenvalue weighted by Crippen LogP contribution is 2.22. The van der Waals surface area contributed by atoms with E-state index in [4.69, 9.17) is 11.6 Å². The van der Waals surface area contributed by atoms with E-state index in [-0.39, 0.29) is 5.02 Å². The molecular formula is C15H22ClFO. The number of halogens is 2. The fourth-order valence-corrected chi connectivity index (χ4v) is 2.25. The average Bonchev–Trinajstić information content (AvgIpc) is 2.35. The molecule has 0 spiro atoms. The zero-order valence-corrected chi connectivity index (χ0v) is 11.7. The number of hydrogen-bond donors (Lipinski definition) is 1. The molecule has 1 nitrogen and oxygen atoms in total. The summed E-state index contributed by atoms with van der Waals surface area (Å²) < 4.78 is 13.2. The molecular weight excluding hydrogens is 251 g/mol. The first kappa shape index (κ1) is 15.5. The summed E-state index contributed by atoms with van der Waals surface area (Å²) in [4.78, 5) is 0. The maximum Gasteiger partial charge on any atom is 0.142 e. The lowest BCUT2D eigenvalue weighted by molar-refractivity contribution is 0.161. The first-order chi connectivity index (χ1) is 8.65. The first-order valence-corrected chi connectivity index (χ1v) is 7.14. The number of rotatable bonds is 8. The Kier molecular flexibility index (Phi) is 7.29. The van der Waals surface area contributed by atoms with Crippen molar-refractivity contribution in [1.82, 2.24) is 0 Å². The Balaban J connectivity index is 2.31. The quantitative estimate of drug-likeness (QED) is 0.678. The van der Waals surface area contributed by atoms with Gasteiger partial charge in [0.15, 0.2) is 0 Å². The van der Waals surface area contributed by atoms with Crippen molar-refractivity contribution in [3.63, 3.8) is 0 Å². The summed E-state index contributed by atoms with van der Waals surface area (Å²) in [6.45, 7) is 2.18. The predicted molar refractivity (Wildman–Crippen MR) is 74.5 cm³/mol. The van der Waals surface area contributed by atoms with Crippen LogP contribution in [0.5, 0.6) is 0 Å². The monoisotopic (exact) mass is 272 g/mol. The molecule has 1 aromatic carbocycles. The third-order valence-electron chi connectivity index (χ3n) is 3.13. The van der Waals surface area contributed by atoms with Crippen LogP contribution in [0.25, 0.3) is 0 Å². The van der Waals surface area contributed by atoms with Gasteiger partial charge in [0.1, 0.15) is 5.82 Å². The molecule has 102 valence electrons. The summed E-state index contributed by atoms with van der Waals surface area (Å²) in [5.41, 5.74) is 0.692. The van der Waals surface area contributed by atoms with E-state index in [1.54, 1.807) is 12.1 Å². The van der Waals surface area contributed by atoms with Crippen molar-refractivity contribution in [2.75, 3.05) is 0 Å². The summed E-state index contributed by atoms with van der Waals surface area (Å²) in [7, 11) is 0. The molecule has 0 aliphatic rings. The standard InChI is InChI=1S/C15H22ClFO/c1-2-3-4-5-6-9-13(18)11-12-8-7-10-14(17)15(12)16/h7-8,10,13,18H,2-6,9,11H2,1H3. The fraction of sp³-hybridized carbons (Fsp3) is 0.600. The minimum atomic E-state index is -0.425. The predicted octanol–water partition coefficient (Wildman–Crippen LogP) is 4.74. The van der Waals surface area contributed by atoms with Gasteiger partial charge < -0.3 is 5.11 Å². The Bertz CT molecular complexity index is 354. The zero-order chi connectivity index (χ0) is 13.4. The molecule has 1 N–H and O–H groups in total. The lowest BCUT2D eigenvalue weighted by atomic mass is 10.0. The van der Waals surface area contributed by atoms with Crippen LogP contribution in [-0.4, -0.2) is 11.2 Å². The highest BCUT2D eigenvalue weighted by molar-refractivity contribution is 6.31. The smallest absolute Gasteiger partial charge is 0.142 e. The molecule has 1 unspecified atom stereocenters. The summed E-state index contributed by atoms with van der Waals surface area (Å²) >= 11 is 5.85. The number of aliphatic hydroxyl groups is 1. The van der Waals surface area contributed by atoms with E-state index in [1.165, 1.54) is 25.3 Å². The Morgan fingerprint density at radius 3 is 2.67 bits per heavy atom. The van der Waals surface area contributed by atoms with Gasteiger partial charge in [0.2, 0.25) is 0 Å². The molecule has 0 aromatic heterocycles. The van der Waals surface area contributed by atoms with Crippen LogP contribution in [0.15, 0.2) is 18.2 Å². The van der Waals surface area contributed by atoms with Gasteiger partial charge in [-0.1, -0.05) is 62.8 Å². The van der Waals surface area contributed by atoms with Gasteiger partial charge in [0.05, 0.1) is 11.1 Å². The van der Waals surface area contributed by atoms with E-state index in [0.717, 1.165) is 19.3 Å². The second-order valence-corrected chi connectivity index (χ2v) is 5.15. The van der Waals surface area contributed by atoms with Crippen molar-refractivity contribution in [3.05, 3.63) is 34.6 Å². The molecule has 1 rings (SSSR count). The Labute approximate surface area is 114 Å². The average molecular weight is 273 g/mol. The van der Waals surface area contributed by atoms with Gasteiger partial charge in [-0.25, -0.2) is 4.39 Å². The normalized spacial score (nSPS) is 12.7. The van der Waals surface area contributed by atoms with E-state index in [9.17, 15) is 9.50 Å². The van der Waals surface area contributed by atoms with Crippen LogP contribution in [0, 0.1) is 5.82 Å². The van der Waals surface area contributed by atoms with Crippen LogP contribution in [0.4, 0.5) is 4.39 Å². The van der Waals surface area contributed by atoms with Crippen LogP contribution < -0.4 is 0 Å². The topological polar surface area (TPSA) is 20.2 Å². The van der Waals surface area contributed by atoms with Crippen LogP contribution in [0.3, 0.4) is 0 Å². The lowest BCUT2D eigenvalue weighted by Crippen LogP contribution is -2.10. The third kappa shape index (κ3) is 5.36. The number of aliphatic hydroxyl groups excluding tert-OH is 1. The first-order valence-electron chi connectivity index (χ1n) is 6.76. The number of hydrogen-bond acceptors (Lipinski definition) is 1. The SMILES string of the molecule is CCCCCCCC(O)Cc1cccc(F)c1Cl. The van der Waals surface area contributed by atoms with Gasteiger partial charge in [-0.2, -0.15) is 0 Å². The van der Waals surface area contributed by atoms with Gasteiger partial charge in [0, 0.05) is 0 Å². The van der Waals surface area contributed by atoms with Crippen LogP contribution in [-0.2, 0) is 6.42 Å². The van der Waals surface area contributed by atoms with Gasteiger partial charge in [-0.05, 0) is 24.5 Å². The number of unbranched alkanes of at least 4 members (excludes halogenated alkanes) is 4. The maximum absolute atomic E-state index is 13.2. The minimum Gasteiger partial charge on any atom is -0.393 e. The molecule has 0 heterocycles. The largest absolute Gasteiger partial charge is 0.393 e. The van der Waals surface area contributed by atoms with Crippen LogP contribution >= 0.6 is 11.6 Å². The second-order valence-electron chi connectivity index (χ2n) is 4.77. The molecule has 0 aliphatic heterocycles. The Morgan fingerprint density at radius 2 is 1.94 bits per heavy atom. The van der Waals surface area contributed by atoms with Crippen molar-refractivity contribution in [2.45, 2.75) is 58.0 Å². The van der Waals surface area contributed by atoms with Crippen molar-refractivity contribution < 1.29 is 9.50 Å². The van der Waals surface area contributed by atoms with Crippen LogP contribution in [0.1, 0.15) is 51.0 Å². The molecule has 0 radical (unpaired) electrons. The molecule has 0 saturated carbocycles. The molecule has 3 heteroatoms. The van der Waals surface area contributed by atoms with E-state index in [0.29, 0.717) is 12.0 Å². The fourth-order valence-electron chi connectivity index (χ4n) is 2.05. The summed E-state index contributed by atoms with van der Waals surface area (Å²) in [5, 5.41) is 10.0. The zero-order valence-electron chi connectivity index (χ0n) is 11.0. The molecule has 0 bridgehead atoms. The van der Waals surface area contributed by atoms with E-state index < -0.39 is 11.9 Å². The lowest BCUT2D eigenvalue weighted by Gasteiger charge is -2.12. The van der Waals surface area contributed by atoms with Gasteiger partial charge in [0.25, 0.3) is 0 Å². The van der Waals surface area contributed by atoms with E-state index >= 15 is 0 Å². The van der Waals surface area contributed by atoms with Gasteiger partial charge in [-0.15, -0.1) is 0 Å². The van der Waals surface area contributed by atoms with Crippen molar-refractivity contribution >= 4 is 11.6 Å². The van der Waals surface area contributed by atoms with Gasteiger partial charge in [-0.3, -0.25) is 0 Å². The van der Waals surface area contributed by atoms with Crippen molar-refractivity contribution in [1.29, 1.82) is 0 Å². The molecule has 1 atom stereocenters. The van der Waals surface area contributed by atoms with E-state index in [2.05, 4.69) is 6.92 Å². The third-order valence-corrected chi connectivity index (χ3v) is 3.55. The minimum absolute atomic E-state index is 0.141. The second kappa shape index (κ2) is 8.49. The maximum atomic E-state index is 13.2. The molecule has 0 amide bonds. The highest BCUT2D eigenvalue weighted by atomic mass is 35.5. The number of benzene rings is 1.